The molecule has 0 radical (unpaired) electrons. The molecule has 1 unspecified atom stereocenters. The lowest BCUT2D eigenvalue weighted by molar-refractivity contribution is -0.174. The summed E-state index contributed by atoms with van der Waals surface area (Å²) in [5, 5.41) is 3.10. The maximum absolute atomic E-state index is 14.1. The fourth-order valence-corrected chi connectivity index (χ4v) is 2.35. The van der Waals surface area contributed by atoms with E-state index in [1.165, 1.54) is 6.07 Å². The van der Waals surface area contributed by atoms with Gasteiger partial charge in [0, 0.05) is 18.2 Å². The molecule has 0 aliphatic carbocycles. The molecule has 0 bridgehead atoms. The van der Waals surface area contributed by atoms with E-state index in [0.717, 1.165) is 11.1 Å². The Morgan fingerprint density at radius 2 is 1.90 bits per heavy atom. The lowest BCUT2D eigenvalue weighted by Crippen LogP contribution is -2.25. The van der Waals surface area contributed by atoms with Crippen molar-refractivity contribution < 1.29 is 22.3 Å². The number of benzene rings is 1. The van der Waals surface area contributed by atoms with Crippen LogP contribution in [0.4, 0.5) is 17.6 Å². The Morgan fingerprint density at radius 3 is 2.43 bits per heavy atom. The van der Waals surface area contributed by atoms with Crippen molar-refractivity contribution in [3.05, 3.63) is 34.6 Å². The minimum Gasteiger partial charge on any atom is -0.372 e. The summed E-state index contributed by atoms with van der Waals surface area (Å²) in [7, 11) is 0. The highest BCUT2D eigenvalue weighted by Crippen LogP contribution is 2.25. The van der Waals surface area contributed by atoms with Crippen molar-refractivity contribution in [2.75, 3.05) is 19.8 Å². The Balaban J connectivity index is 2.74. The van der Waals surface area contributed by atoms with Crippen molar-refractivity contribution in [3.8, 4) is 0 Å². The highest BCUT2D eigenvalue weighted by atomic mass is 19.4. The Bertz CT molecular complexity index is 436. The zero-order valence-electron chi connectivity index (χ0n) is 12.5. The topological polar surface area (TPSA) is 21.3 Å². The molecular weight excluding hydrogens is 286 g/mol. The quantitative estimate of drug-likeness (QED) is 0.606. The molecule has 0 aliphatic heterocycles. The van der Waals surface area contributed by atoms with E-state index in [2.05, 4.69) is 10.1 Å². The zero-order valence-corrected chi connectivity index (χ0v) is 12.5. The second kappa shape index (κ2) is 7.75. The molecule has 1 aromatic rings. The van der Waals surface area contributed by atoms with Gasteiger partial charge in [-0.25, -0.2) is 4.39 Å². The van der Waals surface area contributed by atoms with Crippen LogP contribution in [0.1, 0.15) is 36.1 Å². The molecule has 1 atom stereocenters. The third kappa shape index (κ3) is 6.01. The van der Waals surface area contributed by atoms with Crippen molar-refractivity contribution in [1.29, 1.82) is 0 Å². The van der Waals surface area contributed by atoms with E-state index in [9.17, 15) is 17.6 Å². The Hall–Kier alpha value is -1.14. The van der Waals surface area contributed by atoms with Crippen LogP contribution in [-0.2, 0) is 4.74 Å². The van der Waals surface area contributed by atoms with E-state index in [4.69, 9.17) is 0 Å². The predicted octanol–water partition coefficient (Wildman–Crippen LogP) is 4.06. The van der Waals surface area contributed by atoms with Gasteiger partial charge in [-0.1, -0.05) is 13.0 Å². The van der Waals surface area contributed by atoms with Gasteiger partial charge in [0.15, 0.2) is 0 Å². The van der Waals surface area contributed by atoms with Crippen LogP contribution in [0.3, 0.4) is 0 Å². The van der Waals surface area contributed by atoms with Crippen LogP contribution in [0.2, 0.25) is 0 Å². The van der Waals surface area contributed by atoms with E-state index in [1.54, 1.807) is 13.8 Å². The summed E-state index contributed by atoms with van der Waals surface area (Å²) in [5.41, 5.74) is 2.10. The molecule has 1 N–H and O–H groups in total. The first-order valence-electron chi connectivity index (χ1n) is 6.89. The van der Waals surface area contributed by atoms with Gasteiger partial charge in [0.05, 0.1) is 0 Å². The molecule has 0 saturated carbocycles. The molecule has 0 fully saturated rings. The van der Waals surface area contributed by atoms with Crippen molar-refractivity contribution in [2.24, 2.45) is 0 Å². The van der Waals surface area contributed by atoms with Crippen LogP contribution < -0.4 is 5.32 Å². The van der Waals surface area contributed by atoms with E-state index in [0.29, 0.717) is 12.1 Å². The van der Waals surface area contributed by atoms with E-state index in [-0.39, 0.29) is 24.9 Å². The van der Waals surface area contributed by atoms with Crippen LogP contribution in [0, 0.1) is 19.7 Å². The zero-order chi connectivity index (χ0) is 16.0. The number of aryl methyl sites for hydroxylation is 2. The number of ether oxygens (including phenoxy) is 1. The minimum absolute atomic E-state index is 0.0794. The molecule has 1 aromatic carbocycles. The predicted molar refractivity (Wildman–Crippen MR) is 73.8 cm³/mol. The highest BCUT2D eigenvalue weighted by molar-refractivity contribution is 5.34. The summed E-state index contributed by atoms with van der Waals surface area (Å²) in [5.74, 6) is -0.339. The molecular formula is C15H21F4NO. The third-order valence-corrected chi connectivity index (χ3v) is 3.10. The molecule has 0 amide bonds. The monoisotopic (exact) mass is 307 g/mol. The molecule has 21 heavy (non-hydrogen) atoms. The van der Waals surface area contributed by atoms with Gasteiger partial charge in [-0.3, -0.25) is 0 Å². The van der Waals surface area contributed by atoms with E-state index < -0.39 is 12.8 Å². The van der Waals surface area contributed by atoms with Gasteiger partial charge in [0.1, 0.15) is 12.4 Å². The smallest absolute Gasteiger partial charge is 0.372 e. The Morgan fingerprint density at radius 1 is 1.24 bits per heavy atom. The van der Waals surface area contributed by atoms with Crippen LogP contribution >= 0.6 is 0 Å². The van der Waals surface area contributed by atoms with Crippen molar-refractivity contribution in [2.45, 2.75) is 39.4 Å². The maximum atomic E-state index is 14.1. The molecule has 0 saturated heterocycles. The van der Waals surface area contributed by atoms with Crippen LogP contribution in [0.25, 0.3) is 0 Å². The molecule has 0 heterocycles. The number of rotatable bonds is 7. The van der Waals surface area contributed by atoms with Crippen molar-refractivity contribution >= 4 is 0 Å². The summed E-state index contributed by atoms with van der Waals surface area (Å²) in [6, 6.07) is 2.94. The lowest BCUT2D eigenvalue weighted by atomic mass is 9.96. The fraction of sp³-hybridized carbons (Fsp3) is 0.600. The number of nitrogens with one attached hydrogen (secondary N) is 1. The lowest BCUT2D eigenvalue weighted by Gasteiger charge is -2.21. The minimum atomic E-state index is -4.33. The molecule has 2 nitrogen and oxygen atoms in total. The van der Waals surface area contributed by atoms with Crippen molar-refractivity contribution in [1.82, 2.24) is 5.32 Å². The molecule has 0 aromatic heterocycles. The van der Waals surface area contributed by atoms with Crippen LogP contribution in [-0.4, -0.2) is 25.9 Å². The average Bonchev–Trinajstić information content (AvgIpc) is 2.32. The molecule has 120 valence electrons. The summed E-state index contributed by atoms with van der Waals surface area (Å²) in [6.07, 6.45) is -4.05. The van der Waals surface area contributed by atoms with Gasteiger partial charge < -0.3 is 10.1 Å². The van der Waals surface area contributed by atoms with E-state index >= 15 is 0 Å². The summed E-state index contributed by atoms with van der Waals surface area (Å²) < 4.78 is 54.8. The second-order valence-corrected chi connectivity index (χ2v) is 5.04. The standard InChI is InChI=1S/C15H21F4NO/c1-4-20-13(5-6-21-9-15(17,18)19)14-11(3)7-10(2)8-12(14)16/h7-8,13,20H,4-6,9H2,1-3H3. The molecule has 0 aliphatic rings. The third-order valence-electron chi connectivity index (χ3n) is 3.10. The first-order chi connectivity index (χ1) is 9.74. The highest BCUT2D eigenvalue weighted by Gasteiger charge is 2.27. The largest absolute Gasteiger partial charge is 0.411 e. The maximum Gasteiger partial charge on any atom is 0.411 e. The van der Waals surface area contributed by atoms with Crippen LogP contribution in [0.5, 0.6) is 0 Å². The number of hydrogen-bond donors (Lipinski definition) is 1. The number of alkyl halides is 3. The summed E-state index contributed by atoms with van der Waals surface area (Å²) in [6.45, 7) is 4.70. The Labute approximate surface area is 122 Å². The molecule has 1 rings (SSSR count). The first-order valence-corrected chi connectivity index (χ1v) is 6.89. The van der Waals surface area contributed by atoms with Gasteiger partial charge in [-0.15, -0.1) is 0 Å². The summed E-state index contributed by atoms with van der Waals surface area (Å²) >= 11 is 0. The second-order valence-electron chi connectivity index (χ2n) is 5.04. The van der Waals surface area contributed by atoms with Crippen molar-refractivity contribution in [3.63, 3.8) is 0 Å². The van der Waals surface area contributed by atoms with Gasteiger partial charge in [0.25, 0.3) is 0 Å². The molecule has 6 heteroatoms. The van der Waals surface area contributed by atoms with Crippen LogP contribution in [0.15, 0.2) is 12.1 Å². The van der Waals surface area contributed by atoms with E-state index in [1.807, 2.05) is 13.0 Å². The normalized spacial score (nSPS) is 13.5. The van der Waals surface area contributed by atoms with Gasteiger partial charge in [-0.2, -0.15) is 13.2 Å². The average molecular weight is 307 g/mol. The molecule has 0 spiro atoms. The van der Waals surface area contributed by atoms with Gasteiger partial charge in [0.2, 0.25) is 0 Å². The Kier molecular flexibility index (Phi) is 6.61. The van der Waals surface area contributed by atoms with Gasteiger partial charge in [-0.05, 0) is 44.0 Å². The number of halogens is 4. The fourth-order valence-electron chi connectivity index (χ4n) is 2.35. The first kappa shape index (κ1) is 17.9. The SMILES string of the molecule is CCNC(CCOCC(F)(F)F)c1c(C)cc(C)cc1F. The summed E-state index contributed by atoms with van der Waals surface area (Å²) in [4.78, 5) is 0. The van der Waals surface area contributed by atoms with Gasteiger partial charge >= 0.3 is 6.18 Å². The number of hydrogen-bond acceptors (Lipinski definition) is 2.